The van der Waals surface area contributed by atoms with Crippen LogP contribution in [0.25, 0.3) is 21.8 Å². The predicted molar refractivity (Wildman–Crippen MR) is 115 cm³/mol. The highest BCUT2D eigenvalue weighted by molar-refractivity contribution is 5.96. The molecule has 0 unspecified atom stereocenters. The molecule has 0 fully saturated rings. The molecular weight excluding hydrogens is 398 g/mol. The number of hydrogen-bond acceptors (Lipinski definition) is 7. The molecule has 0 atom stereocenters. The van der Waals surface area contributed by atoms with Gasteiger partial charge in [0, 0.05) is 18.6 Å². The van der Waals surface area contributed by atoms with Crippen LogP contribution in [0.1, 0.15) is 0 Å². The van der Waals surface area contributed by atoms with Crippen molar-refractivity contribution in [1.29, 1.82) is 0 Å². The van der Waals surface area contributed by atoms with Crippen LogP contribution in [0.4, 0.5) is 17.1 Å². The van der Waals surface area contributed by atoms with Gasteiger partial charge in [0.25, 0.3) is 5.56 Å². The standard InChI is InChI=1S/C21H17N7O3/c1-27-20-14(8-23-27)7-15(9-22-20)25-17-4-2-3-13-5-6-28(21(30)19(13)17)11-18(29)26-16-10-24-31-12-16/h2-10,12,25H,11H2,1H3,(H,26,29). The second-order valence-corrected chi connectivity index (χ2v) is 7.01. The van der Waals surface area contributed by atoms with Gasteiger partial charge < -0.3 is 19.7 Å². The van der Waals surface area contributed by atoms with Crippen molar-refractivity contribution in [3.8, 4) is 0 Å². The van der Waals surface area contributed by atoms with Crippen LogP contribution in [0.15, 0.2) is 70.7 Å². The number of nitrogens with one attached hydrogen (secondary N) is 2. The van der Waals surface area contributed by atoms with E-state index in [-0.39, 0.29) is 18.0 Å². The number of anilines is 3. The van der Waals surface area contributed by atoms with E-state index in [2.05, 4.69) is 25.9 Å². The highest BCUT2D eigenvalue weighted by Gasteiger charge is 2.12. The molecule has 10 heteroatoms. The number of amides is 1. The smallest absolute Gasteiger partial charge is 0.261 e. The molecule has 0 aliphatic rings. The summed E-state index contributed by atoms with van der Waals surface area (Å²) in [7, 11) is 1.83. The first-order valence-electron chi connectivity index (χ1n) is 9.45. The maximum Gasteiger partial charge on any atom is 0.261 e. The summed E-state index contributed by atoms with van der Waals surface area (Å²) in [5.41, 5.74) is 2.27. The highest BCUT2D eigenvalue weighted by atomic mass is 16.5. The van der Waals surface area contributed by atoms with Crippen LogP contribution in [0, 0.1) is 0 Å². The Morgan fingerprint density at radius 1 is 1.13 bits per heavy atom. The molecule has 4 aromatic heterocycles. The molecule has 1 amide bonds. The Morgan fingerprint density at radius 2 is 2.03 bits per heavy atom. The Labute approximate surface area is 175 Å². The van der Waals surface area contributed by atoms with E-state index in [1.165, 1.54) is 17.0 Å². The lowest BCUT2D eigenvalue weighted by atomic mass is 10.1. The van der Waals surface area contributed by atoms with Gasteiger partial charge in [-0.1, -0.05) is 17.3 Å². The van der Waals surface area contributed by atoms with Gasteiger partial charge in [-0.3, -0.25) is 14.3 Å². The number of pyridine rings is 2. The van der Waals surface area contributed by atoms with Crippen molar-refractivity contribution >= 4 is 44.8 Å². The number of aryl methyl sites for hydroxylation is 1. The topological polar surface area (TPSA) is 120 Å². The Hall–Kier alpha value is -4.47. The fourth-order valence-electron chi connectivity index (χ4n) is 3.45. The van der Waals surface area contributed by atoms with Crippen molar-refractivity contribution in [3.05, 3.63) is 71.7 Å². The molecule has 31 heavy (non-hydrogen) atoms. The van der Waals surface area contributed by atoms with Crippen LogP contribution >= 0.6 is 0 Å². The van der Waals surface area contributed by atoms with E-state index in [0.29, 0.717) is 16.8 Å². The fraction of sp³-hybridized carbons (Fsp3) is 0.0952. The van der Waals surface area contributed by atoms with Gasteiger partial charge in [0.2, 0.25) is 5.91 Å². The second kappa shape index (κ2) is 7.41. The first-order chi connectivity index (χ1) is 15.1. The second-order valence-electron chi connectivity index (χ2n) is 7.01. The lowest BCUT2D eigenvalue weighted by Crippen LogP contribution is -2.27. The Morgan fingerprint density at radius 3 is 2.87 bits per heavy atom. The molecule has 0 saturated heterocycles. The SMILES string of the molecule is Cn1ncc2cc(Nc3cccc4ccn(CC(=O)Nc5cnoc5)c(=O)c34)cnc21. The van der Waals surface area contributed by atoms with Crippen molar-refractivity contribution in [3.63, 3.8) is 0 Å². The van der Waals surface area contributed by atoms with E-state index in [1.807, 2.05) is 31.3 Å². The Kier molecular flexibility index (Phi) is 4.43. The molecule has 0 radical (unpaired) electrons. The molecule has 154 valence electrons. The molecule has 0 aliphatic heterocycles. The molecule has 5 aromatic rings. The molecule has 4 heterocycles. The summed E-state index contributed by atoms with van der Waals surface area (Å²) in [6.07, 6.45) is 7.73. The number of aromatic nitrogens is 5. The molecule has 5 rings (SSSR count). The summed E-state index contributed by atoms with van der Waals surface area (Å²) >= 11 is 0. The Bertz CT molecular complexity index is 1470. The summed E-state index contributed by atoms with van der Waals surface area (Å²) in [5.74, 6) is -0.360. The van der Waals surface area contributed by atoms with Gasteiger partial charge in [0.05, 0.1) is 35.4 Å². The van der Waals surface area contributed by atoms with Crippen molar-refractivity contribution in [2.24, 2.45) is 7.05 Å². The van der Waals surface area contributed by atoms with E-state index >= 15 is 0 Å². The van der Waals surface area contributed by atoms with Gasteiger partial charge in [-0.05, 0) is 23.6 Å². The van der Waals surface area contributed by atoms with Gasteiger partial charge in [-0.15, -0.1) is 0 Å². The van der Waals surface area contributed by atoms with Crippen LogP contribution in [0.2, 0.25) is 0 Å². The van der Waals surface area contributed by atoms with E-state index < -0.39 is 0 Å². The zero-order valence-electron chi connectivity index (χ0n) is 16.4. The van der Waals surface area contributed by atoms with E-state index in [9.17, 15) is 9.59 Å². The predicted octanol–water partition coefficient (Wildman–Crippen LogP) is 2.65. The van der Waals surface area contributed by atoms with E-state index in [1.54, 1.807) is 29.3 Å². The summed E-state index contributed by atoms with van der Waals surface area (Å²) < 4.78 is 7.75. The van der Waals surface area contributed by atoms with Crippen LogP contribution in [0.5, 0.6) is 0 Å². The van der Waals surface area contributed by atoms with Crippen molar-refractivity contribution < 1.29 is 9.32 Å². The highest BCUT2D eigenvalue weighted by Crippen LogP contribution is 2.25. The molecule has 0 spiro atoms. The maximum atomic E-state index is 13.2. The Balaban J connectivity index is 1.48. The van der Waals surface area contributed by atoms with Crippen molar-refractivity contribution in [2.75, 3.05) is 10.6 Å². The number of fused-ring (bicyclic) bond motifs is 2. The number of benzene rings is 1. The minimum Gasteiger partial charge on any atom is -0.363 e. The number of nitrogens with zero attached hydrogens (tertiary/aromatic N) is 5. The van der Waals surface area contributed by atoms with Gasteiger partial charge in [0.1, 0.15) is 18.5 Å². The van der Waals surface area contributed by atoms with Gasteiger partial charge in [-0.25, -0.2) is 4.98 Å². The van der Waals surface area contributed by atoms with Crippen molar-refractivity contribution in [1.82, 2.24) is 24.5 Å². The molecule has 2 N–H and O–H groups in total. The molecular formula is C21H17N7O3. The first kappa shape index (κ1) is 18.6. The van der Waals surface area contributed by atoms with Crippen LogP contribution < -0.4 is 16.2 Å². The first-order valence-corrected chi connectivity index (χ1v) is 9.45. The molecule has 0 saturated carbocycles. The summed E-state index contributed by atoms with van der Waals surface area (Å²) in [4.78, 5) is 29.9. The molecule has 0 aliphatic carbocycles. The number of rotatable bonds is 5. The third kappa shape index (κ3) is 3.50. The van der Waals surface area contributed by atoms with Crippen LogP contribution in [-0.4, -0.2) is 30.4 Å². The minimum absolute atomic E-state index is 0.141. The lowest BCUT2D eigenvalue weighted by molar-refractivity contribution is -0.116. The minimum atomic E-state index is -0.360. The molecule has 0 bridgehead atoms. The zero-order chi connectivity index (χ0) is 21.4. The number of carbonyl (C=O) groups is 1. The maximum absolute atomic E-state index is 13.2. The fourth-order valence-corrected chi connectivity index (χ4v) is 3.45. The summed E-state index contributed by atoms with van der Waals surface area (Å²) in [5, 5.41) is 15.8. The van der Waals surface area contributed by atoms with Crippen molar-refractivity contribution in [2.45, 2.75) is 6.54 Å². The monoisotopic (exact) mass is 415 g/mol. The average molecular weight is 415 g/mol. The third-order valence-corrected chi connectivity index (χ3v) is 4.89. The number of carbonyl (C=O) groups excluding carboxylic acids is 1. The summed E-state index contributed by atoms with van der Waals surface area (Å²) in [6, 6.07) is 9.26. The van der Waals surface area contributed by atoms with Gasteiger partial charge in [-0.2, -0.15) is 5.10 Å². The molecule has 1 aromatic carbocycles. The van der Waals surface area contributed by atoms with E-state index in [4.69, 9.17) is 4.52 Å². The zero-order valence-corrected chi connectivity index (χ0v) is 16.4. The van der Waals surface area contributed by atoms with Gasteiger partial charge >= 0.3 is 0 Å². The normalized spacial score (nSPS) is 11.1. The van der Waals surface area contributed by atoms with Crippen LogP contribution in [0.3, 0.4) is 0 Å². The van der Waals surface area contributed by atoms with E-state index in [0.717, 1.165) is 22.1 Å². The number of hydrogen-bond donors (Lipinski definition) is 2. The average Bonchev–Trinajstić information content (AvgIpc) is 3.40. The quantitative estimate of drug-likeness (QED) is 0.453. The van der Waals surface area contributed by atoms with Gasteiger partial charge in [0.15, 0.2) is 5.65 Å². The summed E-state index contributed by atoms with van der Waals surface area (Å²) in [6.45, 7) is -0.141. The van der Waals surface area contributed by atoms with Crippen LogP contribution in [-0.2, 0) is 18.4 Å². The molecule has 10 nitrogen and oxygen atoms in total. The third-order valence-electron chi connectivity index (χ3n) is 4.89. The largest absolute Gasteiger partial charge is 0.363 e. The lowest BCUT2D eigenvalue weighted by Gasteiger charge is -2.12.